The van der Waals surface area contributed by atoms with E-state index < -0.39 is 11.5 Å². The van der Waals surface area contributed by atoms with Crippen molar-refractivity contribution in [3.8, 4) is 17.0 Å². The highest BCUT2D eigenvalue weighted by molar-refractivity contribution is 5.86. The van der Waals surface area contributed by atoms with Crippen LogP contribution in [0.5, 0.6) is 5.88 Å². The Morgan fingerprint density at radius 1 is 0.900 bits per heavy atom. The molecule has 0 fully saturated rings. The Hall–Kier alpha value is -4.50. The van der Waals surface area contributed by atoms with E-state index in [1.165, 1.54) is 0 Å². The zero-order valence-corrected chi connectivity index (χ0v) is 23.1. The third-order valence-electron chi connectivity index (χ3n) is 7.50. The number of fused-ring (bicyclic) bond motifs is 1. The Labute approximate surface area is 236 Å². The van der Waals surface area contributed by atoms with E-state index >= 15 is 0 Å². The van der Waals surface area contributed by atoms with Gasteiger partial charge in [0.25, 0.3) is 0 Å². The van der Waals surface area contributed by atoms with Crippen LogP contribution in [0.3, 0.4) is 0 Å². The van der Waals surface area contributed by atoms with Gasteiger partial charge in [0.15, 0.2) is 5.69 Å². The molecule has 2 unspecified atom stereocenters. The summed E-state index contributed by atoms with van der Waals surface area (Å²) >= 11 is 0. The normalized spacial score (nSPS) is 13.5. The zero-order chi connectivity index (χ0) is 28.1. The van der Waals surface area contributed by atoms with Crippen LogP contribution in [0.1, 0.15) is 29.0 Å². The lowest BCUT2D eigenvalue weighted by Crippen LogP contribution is -2.38. The molecular weight excluding hydrogens is 494 g/mol. The molecule has 0 saturated heterocycles. The van der Waals surface area contributed by atoms with E-state index in [1.54, 1.807) is 19.4 Å². The van der Waals surface area contributed by atoms with Crippen molar-refractivity contribution in [1.29, 1.82) is 0 Å². The maximum Gasteiger partial charge on any atom is 0.217 e. The van der Waals surface area contributed by atoms with Crippen LogP contribution in [0.4, 0.5) is 5.69 Å². The number of hydrogen-bond donors (Lipinski definition) is 1. The molecule has 0 saturated carbocycles. The topological polar surface area (TPSA) is 50.0 Å². The Balaban J connectivity index is 1.80. The highest BCUT2D eigenvalue weighted by Crippen LogP contribution is 2.49. The molecule has 0 aliphatic rings. The van der Waals surface area contributed by atoms with Crippen LogP contribution in [-0.4, -0.2) is 42.7 Å². The largest absolute Gasteiger partial charge is 0.481 e. The van der Waals surface area contributed by atoms with Gasteiger partial charge < -0.3 is 14.7 Å². The standard InChI is InChI=1S/C35H33N3O2/c1-36-29-17-10-16-27(22-29)28-23-31(34(40-4)37-24-28)33(26-13-6-5-7-14-26)35(39,20-21-38(2)3)32-19-11-15-25-12-8-9-18-30(25)32/h5-19,22-24,33,39H,20-21H2,2-4H3. The number of hydrogen-bond acceptors (Lipinski definition) is 4. The molecule has 1 aromatic heterocycles. The first-order chi connectivity index (χ1) is 19.4. The smallest absolute Gasteiger partial charge is 0.217 e. The molecule has 40 heavy (non-hydrogen) atoms. The number of pyridine rings is 1. The number of benzene rings is 4. The number of nitrogens with zero attached hydrogens (tertiary/aromatic N) is 3. The van der Waals surface area contributed by atoms with Crippen molar-refractivity contribution in [3.63, 3.8) is 0 Å². The highest BCUT2D eigenvalue weighted by atomic mass is 16.5. The first kappa shape index (κ1) is 27.1. The third kappa shape index (κ3) is 5.33. The summed E-state index contributed by atoms with van der Waals surface area (Å²) in [5.41, 5.74) is 3.61. The Morgan fingerprint density at radius 3 is 2.38 bits per heavy atom. The Morgan fingerprint density at radius 2 is 1.62 bits per heavy atom. The summed E-state index contributed by atoms with van der Waals surface area (Å²) in [7, 11) is 5.66. The van der Waals surface area contributed by atoms with Crippen molar-refractivity contribution < 1.29 is 9.84 Å². The minimum absolute atomic E-state index is 0.461. The summed E-state index contributed by atoms with van der Waals surface area (Å²) in [6.07, 6.45) is 2.25. The van der Waals surface area contributed by atoms with Crippen LogP contribution >= 0.6 is 0 Å². The quantitative estimate of drug-likeness (QED) is 0.203. The molecule has 0 amide bonds. The molecule has 0 bridgehead atoms. The molecule has 2 atom stereocenters. The van der Waals surface area contributed by atoms with Crippen LogP contribution in [0.25, 0.3) is 26.7 Å². The second-order valence-electron chi connectivity index (χ2n) is 10.3. The van der Waals surface area contributed by atoms with Crippen molar-refractivity contribution >= 4 is 16.5 Å². The van der Waals surface area contributed by atoms with Gasteiger partial charge in [0, 0.05) is 24.2 Å². The molecular formula is C35H33N3O2. The molecule has 5 aromatic rings. The first-order valence-electron chi connectivity index (χ1n) is 13.4. The number of aliphatic hydroxyl groups is 1. The van der Waals surface area contributed by atoms with Crippen molar-refractivity contribution in [2.45, 2.75) is 17.9 Å². The Kier molecular flexibility index (Phi) is 7.93. The van der Waals surface area contributed by atoms with Gasteiger partial charge in [-0.25, -0.2) is 9.83 Å². The average Bonchev–Trinajstić information content (AvgIpc) is 3.00. The number of rotatable bonds is 9. The third-order valence-corrected chi connectivity index (χ3v) is 7.50. The fourth-order valence-corrected chi connectivity index (χ4v) is 5.55. The molecule has 0 radical (unpaired) electrons. The van der Waals surface area contributed by atoms with E-state index in [0.717, 1.165) is 38.6 Å². The van der Waals surface area contributed by atoms with Crippen molar-refractivity contribution in [2.75, 3.05) is 27.7 Å². The molecule has 1 heterocycles. The summed E-state index contributed by atoms with van der Waals surface area (Å²) in [4.78, 5) is 10.4. The second-order valence-corrected chi connectivity index (χ2v) is 10.3. The first-order valence-corrected chi connectivity index (χ1v) is 13.4. The lowest BCUT2D eigenvalue weighted by atomic mass is 9.70. The maximum absolute atomic E-state index is 13.1. The van der Waals surface area contributed by atoms with E-state index in [0.29, 0.717) is 24.5 Å². The van der Waals surface area contributed by atoms with E-state index in [2.05, 4.69) is 46.1 Å². The fraction of sp³-hybridized carbons (Fsp3) is 0.200. The number of methoxy groups -OCH3 is 1. The molecule has 5 heteroatoms. The van der Waals surface area contributed by atoms with E-state index in [-0.39, 0.29) is 0 Å². The number of ether oxygens (including phenoxy) is 1. The van der Waals surface area contributed by atoms with E-state index in [9.17, 15) is 5.11 Å². The maximum atomic E-state index is 13.1. The molecule has 0 aliphatic heterocycles. The van der Waals surface area contributed by atoms with Gasteiger partial charge in [0.2, 0.25) is 5.88 Å². The Bertz CT molecular complexity index is 1650. The molecule has 200 valence electrons. The van der Waals surface area contributed by atoms with E-state index in [4.69, 9.17) is 16.3 Å². The summed E-state index contributed by atoms with van der Waals surface area (Å²) < 4.78 is 5.85. The predicted octanol–water partition coefficient (Wildman–Crippen LogP) is 7.43. The SMILES string of the molecule is [C-]#[N+]c1cccc(-c2cnc(OC)c(C(c3ccccc3)C(O)(CCN(C)C)c3cccc4ccccc34)c2)c1. The van der Waals surface area contributed by atoms with Crippen LogP contribution < -0.4 is 4.74 Å². The van der Waals surface area contributed by atoms with Gasteiger partial charge in [0.1, 0.15) is 5.60 Å². The lowest BCUT2D eigenvalue weighted by molar-refractivity contribution is 0.00517. The minimum Gasteiger partial charge on any atom is -0.481 e. The molecule has 0 aliphatic carbocycles. The lowest BCUT2D eigenvalue weighted by Gasteiger charge is -2.39. The van der Waals surface area contributed by atoms with Gasteiger partial charge in [-0.3, -0.25) is 0 Å². The van der Waals surface area contributed by atoms with Gasteiger partial charge in [0.05, 0.1) is 13.7 Å². The summed E-state index contributed by atoms with van der Waals surface area (Å²) in [6, 6.07) is 34.0. The van der Waals surface area contributed by atoms with Crippen molar-refractivity contribution in [3.05, 3.63) is 137 Å². The number of aromatic nitrogens is 1. The summed E-state index contributed by atoms with van der Waals surface area (Å²) in [5.74, 6) is -0.0339. The fourth-order valence-electron chi connectivity index (χ4n) is 5.55. The van der Waals surface area contributed by atoms with Crippen LogP contribution in [0, 0.1) is 6.57 Å². The molecule has 0 spiro atoms. The van der Waals surface area contributed by atoms with Crippen molar-refractivity contribution in [1.82, 2.24) is 9.88 Å². The van der Waals surface area contributed by atoms with Gasteiger partial charge in [-0.15, -0.1) is 0 Å². The summed E-state index contributed by atoms with van der Waals surface area (Å²) in [6.45, 7) is 8.14. The van der Waals surface area contributed by atoms with Gasteiger partial charge in [-0.1, -0.05) is 91.0 Å². The van der Waals surface area contributed by atoms with Crippen LogP contribution in [-0.2, 0) is 5.60 Å². The van der Waals surface area contributed by atoms with Gasteiger partial charge in [-0.05, 0) is 65.7 Å². The van der Waals surface area contributed by atoms with Crippen molar-refractivity contribution in [2.24, 2.45) is 0 Å². The average molecular weight is 528 g/mol. The molecule has 5 rings (SSSR count). The van der Waals surface area contributed by atoms with Crippen LogP contribution in [0.2, 0.25) is 0 Å². The van der Waals surface area contributed by atoms with Gasteiger partial charge >= 0.3 is 0 Å². The van der Waals surface area contributed by atoms with Crippen LogP contribution in [0.15, 0.2) is 109 Å². The monoisotopic (exact) mass is 527 g/mol. The molecule has 4 aromatic carbocycles. The summed E-state index contributed by atoms with van der Waals surface area (Å²) in [5, 5.41) is 15.2. The highest BCUT2D eigenvalue weighted by Gasteiger charge is 2.43. The van der Waals surface area contributed by atoms with Gasteiger partial charge in [-0.2, -0.15) is 0 Å². The second kappa shape index (κ2) is 11.7. The minimum atomic E-state index is -1.31. The molecule has 5 nitrogen and oxygen atoms in total. The molecule has 1 N–H and O–H groups in total. The van der Waals surface area contributed by atoms with E-state index in [1.807, 2.05) is 74.8 Å². The predicted molar refractivity (Wildman–Crippen MR) is 162 cm³/mol. The zero-order valence-electron chi connectivity index (χ0n) is 23.1.